The highest BCUT2D eigenvalue weighted by Crippen LogP contribution is 2.17. The molecule has 0 amide bonds. The van der Waals surface area contributed by atoms with Crippen LogP contribution in [-0.4, -0.2) is 54.0 Å². The molecule has 0 saturated carbocycles. The van der Waals surface area contributed by atoms with E-state index in [2.05, 4.69) is 0 Å². The first-order chi connectivity index (χ1) is 4.75. The van der Waals surface area contributed by atoms with Crippen molar-refractivity contribution in [2.45, 2.75) is 12.5 Å². The lowest BCUT2D eigenvalue weighted by Gasteiger charge is -2.38. The van der Waals surface area contributed by atoms with Crippen molar-refractivity contribution in [2.24, 2.45) is 0 Å². The van der Waals surface area contributed by atoms with Gasteiger partial charge in [0.05, 0.1) is 21.1 Å². The molecule has 4 heteroatoms. The summed E-state index contributed by atoms with van der Waals surface area (Å²) in [6.07, 6.45) is 0. The largest absolute Gasteiger partial charge is 0.477 e. The van der Waals surface area contributed by atoms with Gasteiger partial charge in [0, 0.05) is 6.92 Å². The van der Waals surface area contributed by atoms with Crippen molar-refractivity contribution in [3.8, 4) is 0 Å². The van der Waals surface area contributed by atoms with Crippen LogP contribution in [0.2, 0.25) is 0 Å². The first kappa shape index (κ1) is 10.4. The average molecular weight is 162 g/mol. The number of carboxylic acid groups (broad SMARTS) is 1. The number of aliphatic hydroxyl groups is 1. The van der Waals surface area contributed by atoms with Gasteiger partial charge in [-0.2, -0.15) is 0 Å². The number of carboxylic acids is 1. The number of rotatable bonds is 3. The maximum absolute atomic E-state index is 10.7. The maximum atomic E-state index is 10.7. The zero-order valence-electron chi connectivity index (χ0n) is 7.46. The van der Waals surface area contributed by atoms with E-state index < -0.39 is 11.5 Å². The van der Waals surface area contributed by atoms with Gasteiger partial charge in [-0.15, -0.1) is 0 Å². The number of likely N-dealkylation sites (N-methyl/N-ethyl adjacent to an activating group) is 1. The van der Waals surface area contributed by atoms with Crippen molar-refractivity contribution in [3.05, 3.63) is 0 Å². The quantitative estimate of drug-likeness (QED) is 0.551. The molecule has 0 rings (SSSR count). The van der Waals surface area contributed by atoms with Gasteiger partial charge in [0.25, 0.3) is 0 Å². The molecule has 0 aliphatic rings. The van der Waals surface area contributed by atoms with Crippen LogP contribution in [0.1, 0.15) is 6.92 Å². The Bertz CT molecular complexity index is 162. The van der Waals surface area contributed by atoms with Crippen LogP contribution in [0.5, 0.6) is 0 Å². The Morgan fingerprint density at radius 1 is 1.45 bits per heavy atom. The van der Waals surface area contributed by atoms with Crippen LogP contribution in [0.15, 0.2) is 0 Å². The van der Waals surface area contributed by atoms with Crippen molar-refractivity contribution in [2.75, 3.05) is 27.7 Å². The Hall–Kier alpha value is -0.610. The highest BCUT2D eigenvalue weighted by atomic mass is 16.4. The summed E-state index contributed by atoms with van der Waals surface area (Å²) in [6.45, 7) is 1.17. The second-order valence-electron chi connectivity index (χ2n) is 3.75. The Labute approximate surface area is 66.6 Å². The molecule has 66 valence electrons. The number of aliphatic carboxylic acids is 1. The average Bonchev–Trinajstić information content (AvgIpc) is 1.83. The van der Waals surface area contributed by atoms with Gasteiger partial charge in [0.15, 0.2) is 0 Å². The number of carbonyl (C=O) groups is 1. The third-order valence-corrected chi connectivity index (χ3v) is 2.25. The molecule has 0 radical (unpaired) electrons. The van der Waals surface area contributed by atoms with Gasteiger partial charge in [0.2, 0.25) is 5.54 Å². The summed E-state index contributed by atoms with van der Waals surface area (Å²) in [6, 6.07) is 0. The van der Waals surface area contributed by atoms with E-state index in [0.29, 0.717) is 0 Å². The predicted molar refractivity (Wildman–Crippen MR) is 41.2 cm³/mol. The monoisotopic (exact) mass is 162 g/mol. The van der Waals surface area contributed by atoms with Crippen LogP contribution in [0.4, 0.5) is 0 Å². The molecule has 0 aromatic rings. The fourth-order valence-electron chi connectivity index (χ4n) is 0.567. The number of aliphatic hydroxyl groups excluding tert-OH is 1. The zero-order chi connectivity index (χ0) is 9.28. The van der Waals surface area contributed by atoms with E-state index >= 15 is 0 Å². The van der Waals surface area contributed by atoms with Crippen molar-refractivity contribution < 1.29 is 19.5 Å². The Morgan fingerprint density at radius 3 is 1.82 bits per heavy atom. The standard InChI is InChI=1S/C7H15NO3/c1-7(5-9,6(10)11)8(2,3)4/h9H,5H2,1-4H3/p+1. The molecule has 0 aliphatic heterocycles. The summed E-state index contributed by atoms with van der Waals surface area (Å²) in [4.78, 5) is 10.7. The topological polar surface area (TPSA) is 57.5 Å². The highest BCUT2D eigenvalue weighted by molar-refractivity contribution is 5.76. The minimum atomic E-state index is -1.11. The van der Waals surface area contributed by atoms with Gasteiger partial charge in [-0.05, 0) is 0 Å². The molecule has 2 N–H and O–H groups in total. The van der Waals surface area contributed by atoms with Crippen LogP contribution in [0, 0.1) is 0 Å². The molecule has 4 nitrogen and oxygen atoms in total. The fourth-order valence-corrected chi connectivity index (χ4v) is 0.567. The third kappa shape index (κ3) is 1.70. The molecule has 0 aromatic heterocycles. The minimum absolute atomic E-state index is 0.207. The van der Waals surface area contributed by atoms with E-state index in [0.717, 1.165) is 0 Å². The summed E-state index contributed by atoms with van der Waals surface area (Å²) in [7, 11) is 5.22. The van der Waals surface area contributed by atoms with Crippen LogP contribution in [-0.2, 0) is 4.79 Å². The fraction of sp³-hybridized carbons (Fsp3) is 0.857. The van der Waals surface area contributed by atoms with Gasteiger partial charge < -0.3 is 14.7 Å². The van der Waals surface area contributed by atoms with Crippen LogP contribution in [0.25, 0.3) is 0 Å². The normalized spacial score (nSPS) is 17.5. The van der Waals surface area contributed by atoms with Gasteiger partial charge in [0.1, 0.15) is 6.61 Å². The first-order valence-electron chi connectivity index (χ1n) is 3.41. The van der Waals surface area contributed by atoms with Gasteiger partial charge in [-0.1, -0.05) is 0 Å². The molecule has 0 heterocycles. The zero-order valence-corrected chi connectivity index (χ0v) is 7.46. The first-order valence-corrected chi connectivity index (χ1v) is 3.41. The highest BCUT2D eigenvalue weighted by Gasteiger charge is 2.45. The van der Waals surface area contributed by atoms with Crippen molar-refractivity contribution >= 4 is 5.97 Å². The SMILES string of the molecule is CC(CO)(C(=O)O)[N+](C)(C)C. The lowest BCUT2D eigenvalue weighted by molar-refractivity contribution is -0.912. The van der Waals surface area contributed by atoms with Gasteiger partial charge in [-0.3, -0.25) is 0 Å². The Morgan fingerprint density at radius 2 is 1.82 bits per heavy atom. The van der Waals surface area contributed by atoms with Crippen molar-refractivity contribution in [1.29, 1.82) is 0 Å². The smallest absolute Gasteiger partial charge is 0.367 e. The minimum Gasteiger partial charge on any atom is -0.477 e. The Kier molecular flexibility index (Phi) is 2.64. The van der Waals surface area contributed by atoms with Crippen molar-refractivity contribution in [1.82, 2.24) is 0 Å². The second-order valence-corrected chi connectivity index (χ2v) is 3.75. The summed E-state index contributed by atoms with van der Waals surface area (Å²) in [5.74, 6) is -0.979. The predicted octanol–water partition coefficient (Wildman–Crippen LogP) is -0.472. The summed E-state index contributed by atoms with van der Waals surface area (Å²) >= 11 is 0. The number of hydrogen-bond donors (Lipinski definition) is 2. The van der Waals surface area contributed by atoms with Crippen molar-refractivity contribution in [3.63, 3.8) is 0 Å². The maximum Gasteiger partial charge on any atom is 0.367 e. The molecule has 11 heavy (non-hydrogen) atoms. The molecule has 1 unspecified atom stereocenters. The molecular formula is C7H16NO3+. The molecule has 0 spiro atoms. The van der Waals surface area contributed by atoms with E-state index in [-0.39, 0.29) is 11.1 Å². The van der Waals surface area contributed by atoms with E-state index in [1.165, 1.54) is 6.92 Å². The number of hydrogen-bond acceptors (Lipinski definition) is 2. The number of nitrogens with zero attached hydrogens (tertiary/aromatic N) is 1. The van der Waals surface area contributed by atoms with E-state index in [1.807, 2.05) is 0 Å². The Balaban J connectivity index is 4.75. The molecule has 0 aliphatic carbocycles. The van der Waals surface area contributed by atoms with E-state index in [9.17, 15) is 4.79 Å². The molecular weight excluding hydrogens is 146 g/mol. The van der Waals surface area contributed by atoms with Gasteiger partial charge >= 0.3 is 5.97 Å². The molecule has 0 bridgehead atoms. The van der Waals surface area contributed by atoms with Crippen LogP contribution < -0.4 is 0 Å². The second kappa shape index (κ2) is 2.79. The number of quaternary nitrogens is 1. The molecule has 1 atom stereocenters. The summed E-state index contributed by atoms with van der Waals surface area (Å²) in [5.41, 5.74) is -1.11. The summed E-state index contributed by atoms with van der Waals surface area (Å²) in [5, 5.41) is 17.7. The molecule has 0 fully saturated rings. The van der Waals surface area contributed by atoms with Gasteiger partial charge in [-0.25, -0.2) is 4.79 Å². The molecule has 0 aromatic carbocycles. The third-order valence-electron chi connectivity index (χ3n) is 2.25. The molecule has 0 saturated heterocycles. The van der Waals surface area contributed by atoms with Crippen LogP contribution in [0.3, 0.4) is 0 Å². The van der Waals surface area contributed by atoms with E-state index in [1.54, 1.807) is 21.1 Å². The summed E-state index contributed by atoms with van der Waals surface area (Å²) < 4.78 is 0.207. The lowest BCUT2D eigenvalue weighted by Crippen LogP contribution is -2.62. The van der Waals surface area contributed by atoms with Crippen LogP contribution >= 0.6 is 0 Å². The lowest BCUT2D eigenvalue weighted by atomic mass is 10.0. The van der Waals surface area contributed by atoms with E-state index in [4.69, 9.17) is 10.2 Å².